The van der Waals surface area contributed by atoms with E-state index in [9.17, 15) is 14.7 Å². The number of pyridine rings is 1. The van der Waals surface area contributed by atoms with Crippen molar-refractivity contribution < 1.29 is 24.2 Å². The number of fused-ring (bicyclic) bond motifs is 2. The fourth-order valence-corrected chi connectivity index (χ4v) is 5.24. The topological polar surface area (TPSA) is 85.7 Å². The summed E-state index contributed by atoms with van der Waals surface area (Å²) in [5, 5.41) is 12.0. The van der Waals surface area contributed by atoms with Crippen LogP contribution in [0.5, 0.6) is 5.75 Å². The van der Waals surface area contributed by atoms with Crippen LogP contribution in [0, 0.1) is 5.92 Å². The maximum atomic E-state index is 13.6. The molecule has 1 aliphatic carbocycles. The summed E-state index contributed by atoms with van der Waals surface area (Å²) in [5.41, 5.74) is -2.38. The smallest absolute Gasteiger partial charge is 0.313 e. The molecule has 0 saturated heterocycles. The molecule has 0 amide bonds. The third-order valence-electron chi connectivity index (χ3n) is 6.28. The Balaban J connectivity index is 1.83. The van der Waals surface area contributed by atoms with Crippen molar-refractivity contribution in [1.29, 1.82) is 0 Å². The molecular formula is C24H18BrNO5. The molecule has 2 aromatic carbocycles. The lowest BCUT2D eigenvalue weighted by atomic mass is 9.44. The second-order valence-electron chi connectivity index (χ2n) is 7.68. The maximum Gasteiger partial charge on any atom is 0.313 e. The zero-order chi connectivity index (χ0) is 21.8. The van der Waals surface area contributed by atoms with Gasteiger partial charge in [0.2, 0.25) is 5.78 Å². The van der Waals surface area contributed by atoms with Crippen molar-refractivity contribution in [2.45, 2.75) is 17.1 Å². The number of carbonyl (C=O) groups excluding carboxylic acids is 2. The Labute approximate surface area is 187 Å². The number of carbonyl (C=O) groups is 2. The number of aromatic nitrogens is 1. The van der Waals surface area contributed by atoms with Gasteiger partial charge in [0.25, 0.3) is 0 Å². The summed E-state index contributed by atoms with van der Waals surface area (Å²) in [6, 6.07) is 19.8. The van der Waals surface area contributed by atoms with Gasteiger partial charge >= 0.3 is 5.97 Å². The van der Waals surface area contributed by atoms with E-state index in [0.717, 1.165) is 10.0 Å². The second kappa shape index (κ2) is 7.00. The van der Waals surface area contributed by atoms with E-state index < -0.39 is 34.8 Å². The van der Waals surface area contributed by atoms with Crippen LogP contribution in [0.3, 0.4) is 0 Å². The molecule has 1 aliphatic heterocycles. The fraction of sp³-hybridized carbons (Fsp3) is 0.208. The summed E-state index contributed by atoms with van der Waals surface area (Å²) in [4.78, 5) is 30.7. The van der Waals surface area contributed by atoms with Gasteiger partial charge in [-0.05, 0) is 35.4 Å². The summed E-state index contributed by atoms with van der Waals surface area (Å²) >= 11 is 3.42. The van der Waals surface area contributed by atoms with Gasteiger partial charge in [0.1, 0.15) is 11.7 Å². The molecule has 1 N–H and O–H groups in total. The van der Waals surface area contributed by atoms with Gasteiger partial charge in [-0.25, -0.2) is 4.98 Å². The molecule has 2 aliphatic rings. The Morgan fingerprint density at radius 3 is 2.48 bits per heavy atom. The number of esters is 1. The Bertz CT molecular complexity index is 1180. The van der Waals surface area contributed by atoms with E-state index >= 15 is 0 Å². The standard InChI is InChI=1S/C24H18BrNO5/c1-30-22(28)19-18(14-6-3-2-4-7-14)24(15-9-11-16(25)12-10-15)23(19,29)21(27)20-17(31-24)8-5-13-26-20/h2-13,18-19,29H,1H3. The number of ether oxygens (including phenoxy) is 2. The van der Waals surface area contributed by atoms with Gasteiger partial charge < -0.3 is 14.6 Å². The second-order valence-corrected chi connectivity index (χ2v) is 8.60. The number of rotatable bonds is 3. The first-order valence-electron chi connectivity index (χ1n) is 9.75. The number of halogens is 1. The predicted molar refractivity (Wildman–Crippen MR) is 115 cm³/mol. The van der Waals surface area contributed by atoms with E-state index in [0.29, 0.717) is 5.56 Å². The molecule has 4 atom stereocenters. The molecule has 3 aromatic rings. The zero-order valence-corrected chi connectivity index (χ0v) is 18.1. The average molecular weight is 480 g/mol. The number of ketones is 1. The van der Waals surface area contributed by atoms with Gasteiger partial charge in [0.05, 0.1) is 7.11 Å². The maximum absolute atomic E-state index is 13.6. The van der Waals surface area contributed by atoms with Crippen molar-refractivity contribution in [3.05, 3.63) is 94.2 Å². The van der Waals surface area contributed by atoms with E-state index in [1.165, 1.54) is 13.3 Å². The molecule has 0 spiro atoms. The van der Waals surface area contributed by atoms with Crippen molar-refractivity contribution in [3.63, 3.8) is 0 Å². The number of benzene rings is 2. The minimum absolute atomic E-state index is 0.00171. The van der Waals surface area contributed by atoms with E-state index in [-0.39, 0.29) is 11.4 Å². The molecule has 156 valence electrons. The molecule has 7 heteroatoms. The molecule has 1 saturated carbocycles. The number of methoxy groups -OCH3 is 1. The lowest BCUT2D eigenvalue weighted by Crippen LogP contribution is -2.80. The minimum Gasteiger partial charge on any atom is -0.476 e. The van der Waals surface area contributed by atoms with Crippen molar-refractivity contribution in [2.75, 3.05) is 7.11 Å². The highest BCUT2D eigenvalue weighted by Crippen LogP contribution is 2.68. The van der Waals surface area contributed by atoms with Gasteiger partial charge in [-0.2, -0.15) is 0 Å². The Kier molecular flexibility index (Phi) is 4.50. The summed E-state index contributed by atoms with van der Waals surface area (Å²) in [6.45, 7) is 0. The molecule has 1 aromatic heterocycles. The summed E-state index contributed by atoms with van der Waals surface area (Å²) < 4.78 is 12.3. The van der Waals surface area contributed by atoms with Gasteiger partial charge in [-0.1, -0.05) is 58.4 Å². The van der Waals surface area contributed by atoms with Crippen LogP contribution in [0.2, 0.25) is 0 Å². The SMILES string of the molecule is COC(=O)C1C(c2ccccc2)C2(c3ccc(Br)cc3)Oc3cccnc3C(=O)C12O. The molecule has 1 fully saturated rings. The highest BCUT2D eigenvalue weighted by Gasteiger charge is 2.82. The van der Waals surface area contributed by atoms with E-state index in [1.54, 1.807) is 24.3 Å². The molecule has 2 heterocycles. The van der Waals surface area contributed by atoms with Gasteiger partial charge in [-0.3, -0.25) is 9.59 Å². The number of nitrogens with zero attached hydrogens (tertiary/aromatic N) is 1. The van der Waals surface area contributed by atoms with Crippen LogP contribution in [-0.2, 0) is 15.1 Å². The van der Waals surface area contributed by atoms with Crippen LogP contribution >= 0.6 is 15.9 Å². The van der Waals surface area contributed by atoms with Crippen LogP contribution in [0.4, 0.5) is 0 Å². The third kappa shape index (κ3) is 2.50. The van der Waals surface area contributed by atoms with Crippen LogP contribution in [0.25, 0.3) is 0 Å². The van der Waals surface area contributed by atoms with E-state index in [2.05, 4.69) is 20.9 Å². The van der Waals surface area contributed by atoms with Crippen LogP contribution < -0.4 is 4.74 Å². The molecule has 5 rings (SSSR count). The predicted octanol–water partition coefficient (Wildman–Crippen LogP) is 3.63. The quantitative estimate of drug-likeness (QED) is 0.577. The molecule has 31 heavy (non-hydrogen) atoms. The van der Waals surface area contributed by atoms with E-state index in [1.807, 2.05) is 42.5 Å². The van der Waals surface area contributed by atoms with E-state index in [4.69, 9.17) is 9.47 Å². The Morgan fingerprint density at radius 2 is 1.81 bits per heavy atom. The number of hydrogen-bond acceptors (Lipinski definition) is 6. The first-order chi connectivity index (χ1) is 14.9. The summed E-state index contributed by atoms with van der Waals surface area (Å²) in [7, 11) is 1.24. The van der Waals surface area contributed by atoms with Crippen LogP contribution in [-0.4, -0.2) is 34.6 Å². The zero-order valence-electron chi connectivity index (χ0n) is 16.5. The first kappa shape index (κ1) is 19.9. The van der Waals surface area contributed by atoms with Gasteiger partial charge in [-0.15, -0.1) is 0 Å². The number of aliphatic hydroxyl groups is 1. The van der Waals surface area contributed by atoms with Crippen molar-refractivity contribution >= 4 is 27.7 Å². The Morgan fingerprint density at radius 1 is 1.10 bits per heavy atom. The molecule has 4 unspecified atom stereocenters. The number of hydrogen-bond donors (Lipinski definition) is 1. The summed E-state index contributed by atoms with van der Waals surface area (Å²) in [6.07, 6.45) is 1.45. The van der Waals surface area contributed by atoms with Crippen LogP contribution in [0.1, 0.15) is 27.5 Å². The molecule has 6 nitrogen and oxygen atoms in total. The lowest BCUT2D eigenvalue weighted by molar-refractivity contribution is -0.251. The highest BCUT2D eigenvalue weighted by atomic mass is 79.9. The third-order valence-corrected chi connectivity index (χ3v) is 6.81. The van der Waals surface area contributed by atoms with Gasteiger partial charge in [0.15, 0.2) is 16.9 Å². The highest BCUT2D eigenvalue weighted by molar-refractivity contribution is 9.10. The first-order valence-corrected chi connectivity index (χ1v) is 10.5. The molecular weight excluding hydrogens is 462 g/mol. The fourth-order valence-electron chi connectivity index (χ4n) is 4.97. The Hall–Kier alpha value is -3.03. The van der Waals surface area contributed by atoms with Gasteiger partial charge in [0, 0.05) is 16.6 Å². The van der Waals surface area contributed by atoms with Crippen LogP contribution in [0.15, 0.2) is 77.4 Å². The van der Waals surface area contributed by atoms with Crippen molar-refractivity contribution in [2.24, 2.45) is 5.92 Å². The van der Waals surface area contributed by atoms with Crippen molar-refractivity contribution in [3.8, 4) is 5.75 Å². The average Bonchev–Trinajstić information content (AvgIpc) is 2.80. The summed E-state index contributed by atoms with van der Waals surface area (Å²) in [5.74, 6) is -2.89. The largest absolute Gasteiger partial charge is 0.476 e. The monoisotopic (exact) mass is 479 g/mol. The molecule has 0 radical (unpaired) electrons. The lowest BCUT2D eigenvalue weighted by Gasteiger charge is -2.64. The number of Topliss-reactive ketones (excluding diaryl/α,β-unsaturated/α-hetero) is 1. The normalized spacial score (nSPS) is 28.5. The minimum atomic E-state index is -2.18. The molecule has 0 bridgehead atoms. The van der Waals surface area contributed by atoms with Crippen molar-refractivity contribution in [1.82, 2.24) is 4.98 Å².